The molecule has 1 fully saturated rings. The fraction of sp³-hybridized carbons (Fsp3) is 0.538. The molecule has 0 aromatic heterocycles. The number of hydrogen-bond donors (Lipinski definition) is 2. The van der Waals surface area contributed by atoms with Crippen LogP contribution in [0, 0.1) is 11.2 Å². The van der Waals surface area contributed by atoms with E-state index in [2.05, 4.69) is 0 Å². The molecule has 0 amide bonds. The van der Waals surface area contributed by atoms with E-state index in [-0.39, 0.29) is 16.5 Å². The summed E-state index contributed by atoms with van der Waals surface area (Å²) in [5, 5.41) is 10.2. The van der Waals surface area contributed by atoms with E-state index in [1.807, 2.05) is 0 Å². The van der Waals surface area contributed by atoms with Gasteiger partial charge in [0.15, 0.2) is 0 Å². The third-order valence-corrected chi connectivity index (χ3v) is 4.10. The van der Waals surface area contributed by atoms with Crippen LogP contribution >= 0.6 is 11.6 Å². The van der Waals surface area contributed by atoms with Crippen molar-refractivity contribution < 1.29 is 9.50 Å². The highest BCUT2D eigenvalue weighted by Gasteiger charge is 2.40. The van der Waals surface area contributed by atoms with Crippen molar-refractivity contribution in [3.05, 3.63) is 34.6 Å². The molecule has 2 atom stereocenters. The van der Waals surface area contributed by atoms with Crippen molar-refractivity contribution in [1.82, 2.24) is 0 Å². The Morgan fingerprint density at radius 3 is 2.82 bits per heavy atom. The average Bonchev–Trinajstić information content (AvgIpc) is 2.66. The van der Waals surface area contributed by atoms with E-state index >= 15 is 0 Å². The molecular formula is C13H17ClFNO. The maximum absolute atomic E-state index is 13.1. The first kappa shape index (κ1) is 12.8. The molecule has 0 aliphatic heterocycles. The molecule has 1 aliphatic rings. The zero-order valence-corrected chi connectivity index (χ0v) is 10.4. The van der Waals surface area contributed by atoms with Crippen LogP contribution in [-0.2, 0) is 6.42 Å². The van der Waals surface area contributed by atoms with Gasteiger partial charge < -0.3 is 10.8 Å². The second kappa shape index (κ2) is 4.92. The van der Waals surface area contributed by atoms with E-state index in [1.165, 1.54) is 6.07 Å². The van der Waals surface area contributed by atoms with Gasteiger partial charge in [0, 0.05) is 12.0 Å². The molecule has 2 unspecified atom stereocenters. The van der Waals surface area contributed by atoms with Crippen LogP contribution in [0.25, 0.3) is 0 Å². The highest BCUT2D eigenvalue weighted by atomic mass is 35.5. The molecule has 1 aromatic rings. The summed E-state index contributed by atoms with van der Waals surface area (Å²) in [5.74, 6) is -0.413. The largest absolute Gasteiger partial charge is 0.392 e. The summed E-state index contributed by atoms with van der Waals surface area (Å²) in [6.07, 6.45) is 3.00. The van der Waals surface area contributed by atoms with Crippen molar-refractivity contribution in [2.24, 2.45) is 11.1 Å². The molecule has 1 aliphatic carbocycles. The SMILES string of the molecule is NCC1(Cc2ccc(F)c(Cl)c2)CCCC1O. The van der Waals surface area contributed by atoms with Crippen molar-refractivity contribution >= 4 is 11.6 Å². The third-order valence-electron chi connectivity index (χ3n) is 3.81. The van der Waals surface area contributed by atoms with Gasteiger partial charge in [-0.3, -0.25) is 0 Å². The zero-order valence-electron chi connectivity index (χ0n) is 9.63. The van der Waals surface area contributed by atoms with Gasteiger partial charge in [-0.25, -0.2) is 4.39 Å². The zero-order chi connectivity index (χ0) is 12.5. The number of hydrogen-bond acceptors (Lipinski definition) is 2. The molecule has 0 bridgehead atoms. The molecule has 1 saturated carbocycles. The van der Waals surface area contributed by atoms with Crippen LogP contribution < -0.4 is 5.73 Å². The first-order chi connectivity index (χ1) is 8.07. The lowest BCUT2D eigenvalue weighted by molar-refractivity contribution is 0.0588. The van der Waals surface area contributed by atoms with Gasteiger partial charge in [-0.2, -0.15) is 0 Å². The monoisotopic (exact) mass is 257 g/mol. The Morgan fingerprint density at radius 1 is 1.53 bits per heavy atom. The molecule has 4 heteroatoms. The average molecular weight is 258 g/mol. The molecule has 94 valence electrons. The summed E-state index contributed by atoms with van der Waals surface area (Å²) in [6.45, 7) is 0.448. The van der Waals surface area contributed by atoms with Gasteiger partial charge in [0.25, 0.3) is 0 Å². The van der Waals surface area contributed by atoms with Crippen LogP contribution in [0.1, 0.15) is 24.8 Å². The molecule has 0 heterocycles. The summed E-state index contributed by atoms with van der Waals surface area (Å²) < 4.78 is 13.1. The molecule has 2 rings (SSSR count). The third kappa shape index (κ3) is 2.46. The van der Waals surface area contributed by atoms with E-state index in [0.717, 1.165) is 24.8 Å². The lowest BCUT2D eigenvalue weighted by atomic mass is 9.78. The van der Waals surface area contributed by atoms with Gasteiger partial charge >= 0.3 is 0 Å². The Bertz CT molecular complexity index is 412. The lowest BCUT2D eigenvalue weighted by Crippen LogP contribution is -2.39. The Labute approximate surface area is 106 Å². The van der Waals surface area contributed by atoms with Gasteiger partial charge in [-0.05, 0) is 37.0 Å². The van der Waals surface area contributed by atoms with Crippen molar-refractivity contribution in [2.75, 3.05) is 6.54 Å². The maximum atomic E-state index is 13.1. The predicted molar refractivity (Wildman–Crippen MR) is 66.5 cm³/mol. The van der Waals surface area contributed by atoms with Crippen molar-refractivity contribution in [3.63, 3.8) is 0 Å². The second-order valence-electron chi connectivity index (χ2n) is 4.90. The number of aliphatic hydroxyl groups is 1. The fourth-order valence-electron chi connectivity index (χ4n) is 2.69. The molecule has 17 heavy (non-hydrogen) atoms. The Hall–Kier alpha value is -0.640. The molecular weight excluding hydrogens is 241 g/mol. The van der Waals surface area contributed by atoms with E-state index in [0.29, 0.717) is 13.0 Å². The van der Waals surface area contributed by atoms with Crippen molar-refractivity contribution in [3.8, 4) is 0 Å². The maximum Gasteiger partial charge on any atom is 0.141 e. The van der Waals surface area contributed by atoms with Crippen LogP contribution in [0.4, 0.5) is 4.39 Å². The summed E-state index contributed by atoms with van der Waals surface area (Å²) in [5.41, 5.74) is 6.48. The number of rotatable bonds is 3. The second-order valence-corrected chi connectivity index (χ2v) is 5.31. The molecule has 3 N–H and O–H groups in total. The topological polar surface area (TPSA) is 46.2 Å². The van der Waals surface area contributed by atoms with Crippen LogP contribution in [0.2, 0.25) is 5.02 Å². The predicted octanol–water partition coefficient (Wildman–Crippen LogP) is 2.51. The van der Waals surface area contributed by atoms with Crippen LogP contribution in [0.15, 0.2) is 18.2 Å². The Morgan fingerprint density at radius 2 is 2.29 bits per heavy atom. The molecule has 1 aromatic carbocycles. The minimum Gasteiger partial charge on any atom is -0.392 e. The Kier molecular flexibility index (Phi) is 3.71. The Balaban J connectivity index is 2.21. The summed E-state index contributed by atoms with van der Waals surface area (Å²) in [4.78, 5) is 0. The van der Waals surface area contributed by atoms with Crippen molar-refractivity contribution in [1.29, 1.82) is 0 Å². The fourth-order valence-corrected chi connectivity index (χ4v) is 2.90. The number of aliphatic hydroxyl groups excluding tert-OH is 1. The summed E-state index contributed by atoms with van der Waals surface area (Å²) in [6, 6.07) is 4.70. The van der Waals surface area contributed by atoms with Crippen LogP contribution in [0.5, 0.6) is 0 Å². The van der Waals surface area contributed by atoms with E-state index in [4.69, 9.17) is 17.3 Å². The normalized spacial score (nSPS) is 28.6. The summed E-state index contributed by atoms with van der Waals surface area (Å²) >= 11 is 5.76. The standard InChI is InChI=1S/C13H17ClFNO/c14-10-6-9(3-4-11(10)15)7-13(8-16)5-1-2-12(13)17/h3-4,6,12,17H,1-2,5,7-8,16H2. The number of halogens is 2. The molecule has 2 nitrogen and oxygen atoms in total. The van der Waals surface area contributed by atoms with E-state index in [1.54, 1.807) is 12.1 Å². The lowest BCUT2D eigenvalue weighted by Gasteiger charge is -2.31. The number of benzene rings is 1. The van der Waals surface area contributed by atoms with Crippen LogP contribution in [-0.4, -0.2) is 17.8 Å². The first-order valence-electron chi connectivity index (χ1n) is 5.89. The molecule has 0 spiro atoms. The van der Waals surface area contributed by atoms with Gasteiger partial charge in [0.05, 0.1) is 11.1 Å². The van der Waals surface area contributed by atoms with E-state index < -0.39 is 5.82 Å². The number of nitrogens with two attached hydrogens (primary N) is 1. The molecule has 0 saturated heterocycles. The first-order valence-corrected chi connectivity index (χ1v) is 6.27. The van der Waals surface area contributed by atoms with E-state index in [9.17, 15) is 9.50 Å². The van der Waals surface area contributed by atoms with Crippen molar-refractivity contribution in [2.45, 2.75) is 31.8 Å². The quantitative estimate of drug-likeness (QED) is 0.874. The van der Waals surface area contributed by atoms with Gasteiger partial charge in [0.2, 0.25) is 0 Å². The summed E-state index contributed by atoms with van der Waals surface area (Å²) in [7, 11) is 0. The smallest absolute Gasteiger partial charge is 0.141 e. The minimum atomic E-state index is -0.413. The van der Waals surface area contributed by atoms with Crippen LogP contribution in [0.3, 0.4) is 0 Å². The minimum absolute atomic E-state index is 0.127. The molecule has 0 radical (unpaired) electrons. The highest BCUT2D eigenvalue weighted by Crippen LogP contribution is 2.40. The van der Waals surface area contributed by atoms with Gasteiger partial charge in [-0.1, -0.05) is 24.1 Å². The van der Waals surface area contributed by atoms with Gasteiger partial charge in [-0.15, -0.1) is 0 Å². The van der Waals surface area contributed by atoms with Gasteiger partial charge in [0.1, 0.15) is 5.82 Å². The highest BCUT2D eigenvalue weighted by molar-refractivity contribution is 6.30.